The summed E-state index contributed by atoms with van der Waals surface area (Å²) in [4.78, 5) is 30.5. The van der Waals surface area contributed by atoms with E-state index < -0.39 is 24.1 Å². The summed E-state index contributed by atoms with van der Waals surface area (Å²) in [6, 6.07) is 9.28. The number of nitrogens with one attached hydrogen (secondary N) is 2. The largest absolute Gasteiger partial charge is 0.380 e. The fraction of sp³-hybridized carbons (Fsp3) is 0.292. The minimum atomic E-state index is -1.29. The average molecular weight is 502 g/mol. The molecule has 11 heteroatoms. The summed E-state index contributed by atoms with van der Waals surface area (Å²) >= 11 is 5.84. The predicted octanol–water partition coefficient (Wildman–Crippen LogP) is 3.39. The number of pyridine rings is 2. The van der Waals surface area contributed by atoms with Gasteiger partial charge in [0, 0.05) is 44.6 Å². The van der Waals surface area contributed by atoms with Crippen LogP contribution in [-0.2, 0) is 4.74 Å². The molecule has 35 heavy (non-hydrogen) atoms. The Kier molecular flexibility index (Phi) is 7.34. The van der Waals surface area contributed by atoms with Crippen LogP contribution in [0.1, 0.15) is 12.0 Å². The molecule has 4 rings (SSSR count). The van der Waals surface area contributed by atoms with Gasteiger partial charge in [0.15, 0.2) is 0 Å². The van der Waals surface area contributed by atoms with E-state index in [4.69, 9.17) is 16.3 Å². The second kappa shape index (κ2) is 10.4. The van der Waals surface area contributed by atoms with Crippen molar-refractivity contribution in [3.63, 3.8) is 0 Å². The highest BCUT2D eigenvalue weighted by atomic mass is 35.5. The zero-order valence-electron chi connectivity index (χ0n) is 19.1. The molecule has 1 saturated heterocycles. The van der Waals surface area contributed by atoms with E-state index in [1.165, 1.54) is 41.0 Å². The standard InChI is InChI=1S/C24H25ClFN5O4/c1-14-3-8-22(32)30(12-14)16-5-6-19(18(26)9-16)28-23(33)20-10-17(35-2)13-31(20)24(34)29-21-7-4-15(25)11-27-21/h3-9,11-12,17,20,23,28,33H,10,13H2,1-2H3,(H,27,29,34)/t17-,20-,23?/m1/s1. The van der Waals surface area contributed by atoms with Gasteiger partial charge >= 0.3 is 6.03 Å². The molecule has 1 fully saturated rings. The van der Waals surface area contributed by atoms with Crippen molar-refractivity contribution in [2.24, 2.45) is 0 Å². The first-order valence-corrected chi connectivity index (χ1v) is 11.3. The minimum absolute atomic E-state index is 0.0301. The molecule has 0 aliphatic carbocycles. The summed E-state index contributed by atoms with van der Waals surface area (Å²) in [6.07, 6.45) is 1.77. The van der Waals surface area contributed by atoms with Crippen molar-refractivity contribution in [1.82, 2.24) is 14.5 Å². The first-order valence-electron chi connectivity index (χ1n) is 10.9. The molecule has 0 bridgehead atoms. The van der Waals surface area contributed by atoms with Crippen molar-refractivity contribution in [1.29, 1.82) is 0 Å². The molecule has 1 unspecified atom stereocenters. The molecular formula is C24H25ClFN5O4. The number of likely N-dealkylation sites (tertiary alicyclic amines) is 1. The Morgan fingerprint density at radius 1 is 1.29 bits per heavy atom. The first kappa shape index (κ1) is 24.6. The maximum atomic E-state index is 14.9. The van der Waals surface area contributed by atoms with Crippen LogP contribution in [0.4, 0.5) is 20.7 Å². The highest BCUT2D eigenvalue weighted by Gasteiger charge is 2.40. The monoisotopic (exact) mass is 501 g/mol. The number of aromatic nitrogens is 2. The highest BCUT2D eigenvalue weighted by Crippen LogP contribution is 2.26. The molecule has 2 aromatic heterocycles. The van der Waals surface area contributed by atoms with Crippen LogP contribution in [0.2, 0.25) is 5.02 Å². The van der Waals surface area contributed by atoms with Gasteiger partial charge in [-0.05, 0) is 36.8 Å². The third-order valence-electron chi connectivity index (χ3n) is 5.82. The van der Waals surface area contributed by atoms with Gasteiger partial charge in [0.2, 0.25) is 0 Å². The van der Waals surface area contributed by atoms with E-state index in [0.717, 1.165) is 5.56 Å². The number of amides is 2. The number of urea groups is 1. The van der Waals surface area contributed by atoms with Crippen LogP contribution in [-0.4, -0.2) is 57.6 Å². The first-order chi connectivity index (χ1) is 16.7. The van der Waals surface area contributed by atoms with E-state index in [1.54, 1.807) is 30.5 Å². The van der Waals surface area contributed by atoms with Crippen molar-refractivity contribution in [2.75, 3.05) is 24.3 Å². The normalized spacial score (nSPS) is 18.4. The number of aliphatic hydroxyl groups excluding tert-OH is 1. The molecule has 3 N–H and O–H groups in total. The van der Waals surface area contributed by atoms with Crippen LogP contribution < -0.4 is 16.2 Å². The van der Waals surface area contributed by atoms with Gasteiger partial charge in [-0.1, -0.05) is 17.7 Å². The molecule has 1 aromatic carbocycles. The number of benzene rings is 1. The van der Waals surface area contributed by atoms with Gasteiger partial charge < -0.3 is 20.1 Å². The van der Waals surface area contributed by atoms with Crippen LogP contribution in [0.5, 0.6) is 0 Å². The molecular weight excluding hydrogens is 477 g/mol. The lowest BCUT2D eigenvalue weighted by Crippen LogP contribution is -2.47. The molecule has 0 radical (unpaired) electrons. The molecule has 1 aliphatic rings. The Bertz CT molecular complexity index is 1270. The van der Waals surface area contributed by atoms with Crippen LogP contribution in [0.3, 0.4) is 0 Å². The lowest BCUT2D eigenvalue weighted by atomic mass is 10.1. The summed E-state index contributed by atoms with van der Waals surface area (Å²) in [7, 11) is 1.52. The molecule has 0 spiro atoms. The van der Waals surface area contributed by atoms with Crippen molar-refractivity contribution in [3.8, 4) is 5.69 Å². The number of aryl methyl sites for hydroxylation is 1. The van der Waals surface area contributed by atoms with Crippen molar-refractivity contribution in [3.05, 3.63) is 81.6 Å². The van der Waals surface area contributed by atoms with Crippen LogP contribution in [0, 0.1) is 12.7 Å². The molecule has 184 valence electrons. The molecule has 3 aromatic rings. The average Bonchev–Trinajstić information content (AvgIpc) is 3.28. The van der Waals surface area contributed by atoms with Crippen molar-refractivity contribution < 1.29 is 19.0 Å². The number of aliphatic hydroxyl groups is 1. The quantitative estimate of drug-likeness (QED) is 0.447. The summed E-state index contributed by atoms with van der Waals surface area (Å²) in [5.74, 6) is -0.355. The van der Waals surface area contributed by atoms with E-state index in [1.807, 2.05) is 6.92 Å². The molecule has 9 nitrogen and oxygen atoms in total. The fourth-order valence-corrected chi connectivity index (χ4v) is 4.09. The third-order valence-corrected chi connectivity index (χ3v) is 6.04. The number of hydrogen-bond acceptors (Lipinski definition) is 6. The number of rotatable bonds is 6. The maximum absolute atomic E-state index is 14.9. The number of carbonyl (C=O) groups excluding carboxylic acids is 1. The molecule has 2 amide bonds. The van der Waals surface area contributed by atoms with Gasteiger partial charge in [0.1, 0.15) is 17.9 Å². The smallest absolute Gasteiger partial charge is 0.323 e. The van der Waals surface area contributed by atoms with Crippen LogP contribution >= 0.6 is 11.6 Å². The van der Waals surface area contributed by atoms with Gasteiger partial charge in [0.25, 0.3) is 5.56 Å². The zero-order valence-corrected chi connectivity index (χ0v) is 19.9. The van der Waals surface area contributed by atoms with E-state index in [0.29, 0.717) is 22.9 Å². The number of methoxy groups -OCH3 is 1. The lowest BCUT2D eigenvalue weighted by molar-refractivity contribution is 0.104. The number of ether oxygens (including phenoxy) is 1. The Labute approximate surface area is 206 Å². The topological polar surface area (TPSA) is 109 Å². The predicted molar refractivity (Wildman–Crippen MR) is 131 cm³/mol. The molecule has 3 atom stereocenters. The summed E-state index contributed by atoms with van der Waals surface area (Å²) in [6.45, 7) is 2.06. The van der Waals surface area contributed by atoms with Gasteiger partial charge in [-0.3, -0.25) is 14.7 Å². The van der Waals surface area contributed by atoms with Crippen LogP contribution in [0.25, 0.3) is 5.69 Å². The number of hydrogen-bond donors (Lipinski definition) is 3. The Hall–Kier alpha value is -3.47. The SMILES string of the molecule is CO[C@@H]1C[C@H](C(O)Nc2ccc(-n3cc(C)ccc3=O)cc2F)N(C(=O)Nc2ccc(Cl)cn2)C1. The second-order valence-electron chi connectivity index (χ2n) is 8.27. The van der Waals surface area contributed by atoms with Gasteiger partial charge in [-0.25, -0.2) is 14.2 Å². The number of halogens is 2. The number of anilines is 2. The van der Waals surface area contributed by atoms with Crippen LogP contribution in [0.15, 0.2) is 59.7 Å². The van der Waals surface area contributed by atoms with E-state index >= 15 is 0 Å². The molecule has 0 saturated carbocycles. The third kappa shape index (κ3) is 5.61. The molecule has 1 aliphatic heterocycles. The maximum Gasteiger partial charge on any atom is 0.323 e. The van der Waals surface area contributed by atoms with E-state index in [-0.39, 0.29) is 23.9 Å². The van der Waals surface area contributed by atoms with Gasteiger partial charge in [-0.2, -0.15) is 0 Å². The number of carbonyl (C=O) groups is 1. The summed E-state index contributed by atoms with van der Waals surface area (Å²) in [5.41, 5.74) is 0.948. The summed E-state index contributed by atoms with van der Waals surface area (Å²) < 4.78 is 21.6. The number of nitrogens with zero attached hydrogens (tertiary/aromatic N) is 3. The Balaban J connectivity index is 1.50. The Morgan fingerprint density at radius 2 is 2.09 bits per heavy atom. The van der Waals surface area contributed by atoms with Gasteiger partial charge in [0.05, 0.1) is 28.5 Å². The van der Waals surface area contributed by atoms with E-state index in [9.17, 15) is 19.1 Å². The minimum Gasteiger partial charge on any atom is -0.380 e. The lowest BCUT2D eigenvalue weighted by Gasteiger charge is -2.29. The van der Waals surface area contributed by atoms with Gasteiger partial charge in [-0.15, -0.1) is 0 Å². The van der Waals surface area contributed by atoms with Crippen molar-refractivity contribution in [2.45, 2.75) is 31.7 Å². The fourth-order valence-electron chi connectivity index (χ4n) is 3.98. The van der Waals surface area contributed by atoms with Crippen molar-refractivity contribution >= 4 is 29.1 Å². The Morgan fingerprint density at radius 3 is 2.77 bits per heavy atom. The molecule has 3 heterocycles. The summed E-state index contributed by atoms with van der Waals surface area (Å²) in [5, 5.41) is 16.7. The zero-order chi connectivity index (χ0) is 25.1. The highest BCUT2D eigenvalue weighted by molar-refractivity contribution is 6.30. The second-order valence-corrected chi connectivity index (χ2v) is 8.71. The van der Waals surface area contributed by atoms with E-state index in [2.05, 4.69) is 15.6 Å².